The maximum Gasteiger partial charge on any atom is 0.306 e. The Labute approximate surface area is 442 Å². The van der Waals surface area contributed by atoms with Crippen molar-refractivity contribution in [1.29, 1.82) is 0 Å². The third-order valence-corrected chi connectivity index (χ3v) is 12.5. The molecule has 0 spiro atoms. The molecule has 1 saturated heterocycles. The number of carbonyl (C=O) groups excluding carboxylic acids is 2. The van der Waals surface area contributed by atoms with Crippen LogP contribution in [0.4, 0.5) is 0 Å². The van der Waals surface area contributed by atoms with Gasteiger partial charge in [-0.3, -0.25) is 9.59 Å². The molecule has 0 bridgehead atoms. The lowest BCUT2D eigenvalue weighted by atomic mass is 9.99. The summed E-state index contributed by atoms with van der Waals surface area (Å²) in [5.74, 6) is -1.27. The molecule has 0 aromatic heterocycles. The third-order valence-electron chi connectivity index (χ3n) is 12.5. The maximum absolute atomic E-state index is 13.4. The second-order valence-electron chi connectivity index (χ2n) is 19.0. The molecule has 1 rings (SSSR count). The molecule has 0 radical (unpaired) electrons. The van der Waals surface area contributed by atoms with Crippen molar-refractivity contribution in [3.05, 3.63) is 122 Å². The number of hydrogen-bond donors (Lipinski definition) is 6. The van der Waals surface area contributed by atoms with Crippen molar-refractivity contribution in [2.45, 2.75) is 243 Å². The Hall–Kier alpha value is -3.94. The molecule has 1 aliphatic rings. The number of carbonyl (C=O) groups is 2. The highest BCUT2D eigenvalue weighted by Gasteiger charge is 2.47. The number of aliphatic hydroxyl groups is 5. The quantitative estimate of drug-likeness (QED) is 0.0149. The van der Waals surface area contributed by atoms with Gasteiger partial charge in [0.25, 0.3) is 0 Å². The van der Waals surface area contributed by atoms with Gasteiger partial charge in [0.05, 0.1) is 25.4 Å². The number of allylic oxidation sites excluding steroid dienone is 19. The number of unbranched alkanes of at least 4 members (excludes halogenated alkanes) is 16. The molecule has 8 atom stereocenters. The predicted molar refractivity (Wildman–Crippen MR) is 301 cm³/mol. The SMILES string of the molecule is CC/C=C\C/C=C\C/C=C\C/C=C\C/C=C\CCCCCC(=O)OC1C(OCC(NC(=O)C(O)CCCCCC\C=C/C=C/C=C/C=C/CC)C(O)/C=C/CCCCCCCCCCC)OC(CO)C(O)C1O. The van der Waals surface area contributed by atoms with Crippen LogP contribution in [0.3, 0.4) is 0 Å². The van der Waals surface area contributed by atoms with Gasteiger partial charge in [0.2, 0.25) is 5.91 Å². The van der Waals surface area contributed by atoms with Gasteiger partial charge in [-0.25, -0.2) is 0 Å². The van der Waals surface area contributed by atoms with E-state index in [-0.39, 0.29) is 19.4 Å². The Balaban J connectivity index is 2.76. The fourth-order valence-corrected chi connectivity index (χ4v) is 7.98. The number of esters is 1. The molecule has 0 aromatic carbocycles. The van der Waals surface area contributed by atoms with Gasteiger partial charge < -0.3 is 45.1 Å². The molecule has 73 heavy (non-hydrogen) atoms. The normalized spacial score (nSPS) is 20.4. The molecule has 11 heteroatoms. The van der Waals surface area contributed by atoms with Gasteiger partial charge in [-0.2, -0.15) is 0 Å². The van der Waals surface area contributed by atoms with Crippen molar-refractivity contribution < 1.29 is 49.3 Å². The molecule has 1 aliphatic heterocycles. The summed E-state index contributed by atoms with van der Waals surface area (Å²) in [6, 6.07) is -1.05. The predicted octanol–water partition coefficient (Wildman–Crippen LogP) is 12.7. The Morgan fingerprint density at radius 3 is 1.64 bits per heavy atom. The van der Waals surface area contributed by atoms with Crippen molar-refractivity contribution >= 4 is 11.9 Å². The van der Waals surface area contributed by atoms with Crippen molar-refractivity contribution in [2.24, 2.45) is 0 Å². The first-order valence-electron chi connectivity index (χ1n) is 28.4. The molecule has 11 nitrogen and oxygen atoms in total. The molecule has 1 amide bonds. The molecule has 1 heterocycles. The zero-order chi connectivity index (χ0) is 53.3. The first-order chi connectivity index (χ1) is 35.7. The summed E-state index contributed by atoms with van der Waals surface area (Å²) >= 11 is 0. The molecule has 6 N–H and O–H groups in total. The monoisotopic (exact) mass is 1020 g/mol. The van der Waals surface area contributed by atoms with Crippen molar-refractivity contribution in [3.63, 3.8) is 0 Å². The van der Waals surface area contributed by atoms with Gasteiger partial charge in [-0.05, 0) is 89.9 Å². The minimum atomic E-state index is -1.64. The second kappa shape index (κ2) is 49.0. The molecule has 1 fully saturated rings. The van der Waals surface area contributed by atoms with E-state index in [0.29, 0.717) is 12.8 Å². The van der Waals surface area contributed by atoms with E-state index >= 15 is 0 Å². The van der Waals surface area contributed by atoms with Gasteiger partial charge in [0.1, 0.15) is 24.4 Å². The highest BCUT2D eigenvalue weighted by molar-refractivity contribution is 5.80. The van der Waals surface area contributed by atoms with Crippen LogP contribution < -0.4 is 5.32 Å². The van der Waals surface area contributed by atoms with Crippen LogP contribution in [0.1, 0.15) is 194 Å². The van der Waals surface area contributed by atoms with Crippen LogP contribution in [0.15, 0.2) is 122 Å². The fraction of sp³-hybridized carbons (Fsp3) is 0.645. The molecule has 8 unspecified atom stereocenters. The highest BCUT2D eigenvalue weighted by atomic mass is 16.7. The average Bonchev–Trinajstić information content (AvgIpc) is 3.39. The number of hydrogen-bond acceptors (Lipinski definition) is 10. The third kappa shape index (κ3) is 37.4. The Morgan fingerprint density at radius 1 is 0.562 bits per heavy atom. The first-order valence-corrected chi connectivity index (χ1v) is 28.4. The number of ether oxygens (including phenoxy) is 3. The average molecular weight is 1020 g/mol. The minimum absolute atomic E-state index is 0.0739. The number of nitrogens with one attached hydrogen (secondary N) is 1. The van der Waals surface area contributed by atoms with Crippen LogP contribution in [-0.4, -0.2) is 99.6 Å². The van der Waals surface area contributed by atoms with Gasteiger partial charge in [0.15, 0.2) is 12.4 Å². The minimum Gasteiger partial charge on any atom is -0.454 e. The maximum atomic E-state index is 13.4. The lowest BCUT2D eigenvalue weighted by Crippen LogP contribution is -2.61. The summed E-state index contributed by atoms with van der Waals surface area (Å²) in [5.41, 5.74) is 0. The Kier molecular flexibility index (Phi) is 45.0. The van der Waals surface area contributed by atoms with Crippen molar-refractivity contribution in [2.75, 3.05) is 13.2 Å². The summed E-state index contributed by atoms with van der Waals surface area (Å²) in [5, 5.41) is 56.7. The summed E-state index contributed by atoms with van der Waals surface area (Å²) < 4.78 is 17.5. The standard InChI is InChI=1S/C62H101NO10/c1-4-7-10-13-16-19-22-24-26-27-28-29-30-32-35-38-41-44-47-50-57(67)73-60-59(69)58(68)56(51-64)72-62(60)71-52-53(54(65)48-45-42-39-36-33-21-18-15-12-9-6-3)63-61(70)55(66)49-46-43-40-37-34-31-25-23-20-17-14-11-8-5-2/h7-8,10-11,14,16-17,19-20,23-26,28-29,31-32,35,45,48,53-56,58-60,62,64-66,68-69H,4-6,9,12-13,15,18,21-22,27,30,33-34,36-44,46-47,49-52H2,1-3H3,(H,63,70)/b10-7-,11-8+,17-14+,19-16-,23-20+,26-24-,29-28-,31-25-,35-32-,48-45+. The summed E-state index contributed by atoms with van der Waals surface area (Å²) in [6.07, 6.45) is 56.7. The van der Waals surface area contributed by atoms with Gasteiger partial charge in [-0.1, -0.05) is 219 Å². The first kappa shape index (κ1) is 67.1. The van der Waals surface area contributed by atoms with Gasteiger partial charge in [0, 0.05) is 6.42 Å². The molecular formula is C62H101NO10. The highest BCUT2D eigenvalue weighted by Crippen LogP contribution is 2.26. The van der Waals surface area contributed by atoms with Crippen LogP contribution in [0.2, 0.25) is 0 Å². The molecule has 0 saturated carbocycles. The smallest absolute Gasteiger partial charge is 0.306 e. The fourth-order valence-electron chi connectivity index (χ4n) is 7.98. The van der Waals surface area contributed by atoms with Crippen LogP contribution in [0, 0.1) is 0 Å². The lowest BCUT2D eigenvalue weighted by Gasteiger charge is -2.41. The van der Waals surface area contributed by atoms with E-state index in [1.807, 2.05) is 42.5 Å². The van der Waals surface area contributed by atoms with E-state index in [9.17, 15) is 35.1 Å². The topological polar surface area (TPSA) is 175 Å². The zero-order valence-corrected chi connectivity index (χ0v) is 45.4. The molecule has 414 valence electrons. The van der Waals surface area contributed by atoms with Crippen molar-refractivity contribution in [1.82, 2.24) is 5.32 Å². The van der Waals surface area contributed by atoms with Crippen LogP contribution >= 0.6 is 0 Å². The molecule has 0 aromatic rings. The van der Waals surface area contributed by atoms with Crippen molar-refractivity contribution in [3.8, 4) is 0 Å². The van der Waals surface area contributed by atoms with E-state index < -0.39 is 67.4 Å². The van der Waals surface area contributed by atoms with Crippen LogP contribution in [-0.2, 0) is 23.8 Å². The Morgan fingerprint density at radius 2 is 1.05 bits per heavy atom. The summed E-state index contributed by atoms with van der Waals surface area (Å²) in [4.78, 5) is 26.4. The Bertz CT molecular complexity index is 1640. The van der Waals surface area contributed by atoms with E-state index in [2.05, 4.69) is 99.0 Å². The zero-order valence-electron chi connectivity index (χ0n) is 45.4. The van der Waals surface area contributed by atoms with Gasteiger partial charge >= 0.3 is 5.97 Å². The van der Waals surface area contributed by atoms with Gasteiger partial charge in [-0.15, -0.1) is 0 Å². The molecular weight excluding hydrogens is 919 g/mol. The number of rotatable bonds is 45. The van der Waals surface area contributed by atoms with E-state index in [1.165, 1.54) is 38.5 Å². The number of amides is 1. The van der Waals surface area contributed by atoms with E-state index in [1.54, 1.807) is 6.08 Å². The lowest BCUT2D eigenvalue weighted by molar-refractivity contribution is -0.305. The van der Waals surface area contributed by atoms with E-state index in [4.69, 9.17) is 14.2 Å². The number of aliphatic hydroxyl groups excluding tert-OH is 5. The van der Waals surface area contributed by atoms with Crippen LogP contribution in [0.5, 0.6) is 0 Å². The summed E-state index contributed by atoms with van der Waals surface area (Å²) in [6.45, 7) is 5.46. The largest absolute Gasteiger partial charge is 0.454 e. The second-order valence-corrected chi connectivity index (χ2v) is 19.0. The molecule has 0 aliphatic carbocycles. The van der Waals surface area contributed by atoms with Crippen LogP contribution in [0.25, 0.3) is 0 Å². The van der Waals surface area contributed by atoms with E-state index in [0.717, 1.165) is 109 Å². The summed E-state index contributed by atoms with van der Waals surface area (Å²) in [7, 11) is 0.